The van der Waals surface area contributed by atoms with Crippen LogP contribution < -0.4 is 0 Å². The molecule has 7 heteroatoms. The van der Waals surface area contributed by atoms with E-state index in [1.807, 2.05) is 36.4 Å². The van der Waals surface area contributed by atoms with Crippen molar-refractivity contribution in [2.45, 2.75) is 12.5 Å². The maximum atomic E-state index is 13.0. The van der Waals surface area contributed by atoms with Crippen molar-refractivity contribution >= 4 is 16.8 Å². The van der Waals surface area contributed by atoms with Gasteiger partial charge in [-0.05, 0) is 36.2 Å². The molecule has 1 fully saturated rings. The molecule has 1 aliphatic heterocycles. The number of hydrogen-bond donors (Lipinski definition) is 2. The maximum absolute atomic E-state index is 13.0. The molecule has 3 heterocycles. The fourth-order valence-electron chi connectivity index (χ4n) is 4.13. The van der Waals surface area contributed by atoms with Crippen molar-refractivity contribution in [3.8, 4) is 11.4 Å². The van der Waals surface area contributed by atoms with Crippen LogP contribution in [0.25, 0.3) is 22.3 Å². The Kier molecular flexibility index (Phi) is 4.72. The van der Waals surface area contributed by atoms with Crippen LogP contribution in [0.2, 0.25) is 0 Å². The number of aromatic nitrogens is 4. The number of para-hydroxylation sites is 1. The average Bonchev–Trinajstić information content (AvgIpc) is 3.44. The first-order chi connectivity index (χ1) is 14.7. The topological polar surface area (TPSA) is 95.0 Å². The number of H-pyrrole nitrogens is 1. The molecule has 0 saturated carbocycles. The molecule has 150 valence electrons. The molecule has 1 saturated heterocycles. The van der Waals surface area contributed by atoms with E-state index < -0.39 is 6.10 Å². The minimum absolute atomic E-state index is 0.00628. The van der Waals surface area contributed by atoms with E-state index in [9.17, 15) is 9.90 Å². The van der Waals surface area contributed by atoms with Gasteiger partial charge in [0.2, 0.25) is 0 Å². The highest BCUT2D eigenvalue weighted by Gasteiger charge is 2.34. The Labute approximate surface area is 173 Å². The average molecular weight is 399 g/mol. The van der Waals surface area contributed by atoms with E-state index in [1.165, 1.54) is 6.33 Å². The van der Waals surface area contributed by atoms with Crippen molar-refractivity contribution in [3.63, 3.8) is 0 Å². The van der Waals surface area contributed by atoms with E-state index in [1.54, 1.807) is 23.2 Å². The third-order valence-corrected chi connectivity index (χ3v) is 5.74. The molecule has 0 spiro atoms. The summed E-state index contributed by atoms with van der Waals surface area (Å²) in [4.78, 5) is 23.2. The first kappa shape index (κ1) is 18.4. The number of nitrogens with one attached hydrogen (secondary N) is 1. The van der Waals surface area contributed by atoms with Gasteiger partial charge >= 0.3 is 0 Å². The molecular formula is C23H21N5O2. The highest BCUT2D eigenvalue weighted by atomic mass is 16.3. The summed E-state index contributed by atoms with van der Waals surface area (Å²) in [6.07, 6.45) is 3.41. The lowest BCUT2D eigenvalue weighted by Gasteiger charge is -2.17. The predicted molar refractivity (Wildman–Crippen MR) is 113 cm³/mol. The van der Waals surface area contributed by atoms with Crippen molar-refractivity contribution in [1.82, 2.24) is 25.1 Å². The minimum atomic E-state index is -0.547. The number of β-amino-alcohol motifs (C(OH)–C–C–N with tert-alkyl or cyclic N) is 1. The molecule has 0 radical (unpaired) electrons. The molecule has 1 amide bonds. The van der Waals surface area contributed by atoms with Crippen LogP contribution >= 0.6 is 0 Å². The number of benzene rings is 2. The zero-order valence-corrected chi connectivity index (χ0v) is 16.3. The van der Waals surface area contributed by atoms with Gasteiger partial charge in [-0.25, -0.2) is 4.98 Å². The van der Waals surface area contributed by atoms with Crippen LogP contribution in [0, 0.1) is 5.92 Å². The number of carbonyl (C=O) groups excluding carboxylic acids is 1. The molecule has 7 nitrogen and oxygen atoms in total. The number of fused-ring (bicyclic) bond motifs is 1. The van der Waals surface area contributed by atoms with Gasteiger partial charge in [-0.2, -0.15) is 5.10 Å². The van der Waals surface area contributed by atoms with Gasteiger partial charge in [0.05, 0.1) is 11.6 Å². The normalized spacial score (nSPS) is 18.8. The third-order valence-electron chi connectivity index (χ3n) is 5.74. The summed E-state index contributed by atoms with van der Waals surface area (Å²) in [6.45, 7) is 0.872. The molecule has 1 aliphatic rings. The van der Waals surface area contributed by atoms with E-state index in [2.05, 4.69) is 26.2 Å². The van der Waals surface area contributed by atoms with Gasteiger partial charge in [-0.3, -0.25) is 14.9 Å². The highest BCUT2D eigenvalue weighted by Crippen LogP contribution is 2.26. The van der Waals surface area contributed by atoms with E-state index >= 15 is 0 Å². The third kappa shape index (κ3) is 3.44. The molecular weight excluding hydrogens is 378 g/mol. The molecule has 5 rings (SSSR count). The van der Waals surface area contributed by atoms with Crippen LogP contribution in [0.1, 0.15) is 15.9 Å². The molecule has 0 aliphatic carbocycles. The monoisotopic (exact) mass is 399 g/mol. The lowest BCUT2D eigenvalue weighted by molar-refractivity contribution is 0.0764. The van der Waals surface area contributed by atoms with Crippen LogP contribution in [-0.4, -0.2) is 55.3 Å². The molecule has 0 unspecified atom stereocenters. The van der Waals surface area contributed by atoms with Crippen LogP contribution in [0.5, 0.6) is 0 Å². The van der Waals surface area contributed by atoms with Gasteiger partial charge in [0.25, 0.3) is 5.91 Å². The number of likely N-dealkylation sites (tertiary alicyclic amines) is 1. The van der Waals surface area contributed by atoms with Crippen LogP contribution in [-0.2, 0) is 6.42 Å². The van der Waals surface area contributed by atoms with E-state index in [0.717, 1.165) is 22.0 Å². The SMILES string of the molecule is O=C(c1ccc(-c2ncn[nH]2)cc1)N1C[C@@H](Cc2ccnc3ccccc23)[C@@H](O)C1. The molecule has 4 aromatic rings. The summed E-state index contributed by atoms with van der Waals surface area (Å²) in [6, 6.07) is 17.3. The summed E-state index contributed by atoms with van der Waals surface area (Å²) in [5.74, 6) is 0.587. The van der Waals surface area contributed by atoms with E-state index in [0.29, 0.717) is 30.9 Å². The standard InChI is InChI=1S/C23H21N5O2/c29-21-13-28(23(30)16-7-5-15(6-8-16)22-25-14-26-27-22)12-18(21)11-17-9-10-24-20-4-2-1-3-19(17)20/h1-10,14,18,21,29H,11-13H2,(H,25,26,27)/t18-,21+/m1/s1. The van der Waals surface area contributed by atoms with Crippen molar-refractivity contribution in [2.24, 2.45) is 5.92 Å². The number of hydrogen-bond acceptors (Lipinski definition) is 5. The zero-order chi connectivity index (χ0) is 20.5. The predicted octanol–water partition coefficient (Wildman–Crippen LogP) is 2.70. The Morgan fingerprint density at radius 2 is 1.90 bits per heavy atom. The summed E-state index contributed by atoms with van der Waals surface area (Å²) in [5.41, 5.74) is 3.56. The fourth-order valence-corrected chi connectivity index (χ4v) is 4.13. The van der Waals surface area contributed by atoms with Gasteiger partial charge in [0.1, 0.15) is 6.33 Å². The number of aromatic amines is 1. The number of amides is 1. The highest BCUT2D eigenvalue weighted by molar-refractivity contribution is 5.95. The smallest absolute Gasteiger partial charge is 0.253 e. The zero-order valence-electron chi connectivity index (χ0n) is 16.3. The lowest BCUT2D eigenvalue weighted by atomic mass is 9.94. The summed E-state index contributed by atoms with van der Waals surface area (Å²) >= 11 is 0. The molecule has 2 aromatic heterocycles. The molecule has 30 heavy (non-hydrogen) atoms. The number of aliphatic hydroxyl groups is 1. The van der Waals surface area contributed by atoms with Crippen LogP contribution in [0.4, 0.5) is 0 Å². The lowest BCUT2D eigenvalue weighted by Crippen LogP contribution is -2.29. The largest absolute Gasteiger partial charge is 0.391 e. The number of nitrogens with zero attached hydrogens (tertiary/aromatic N) is 4. The second kappa shape index (κ2) is 7.68. The molecule has 2 atom stereocenters. The van der Waals surface area contributed by atoms with Gasteiger partial charge in [0, 0.05) is 41.7 Å². The Morgan fingerprint density at radius 1 is 1.07 bits per heavy atom. The Morgan fingerprint density at radius 3 is 2.70 bits per heavy atom. The second-order valence-electron chi connectivity index (χ2n) is 7.64. The van der Waals surface area contributed by atoms with Crippen LogP contribution in [0.3, 0.4) is 0 Å². The Balaban J connectivity index is 1.31. The van der Waals surface area contributed by atoms with Gasteiger partial charge in [0.15, 0.2) is 5.82 Å². The number of carbonyl (C=O) groups is 1. The van der Waals surface area contributed by atoms with Gasteiger partial charge in [-0.1, -0.05) is 30.3 Å². The van der Waals surface area contributed by atoms with Crippen molar-refractivity contribution in [1.29, 1.82) is 0 Å². The minimum Gasteiger partial charge on any atom is -0.391 e. The molecule has 2 aromatic carbocycles. The van der Waals surface area contributed by atoms with Crippen molar-refractivity contribution in [2.75, 3.05) is 13.1 Å². The summed E-state index contributed by atoms with van der Waals surface area (Å²) in [5, 5.41) is 18.4. The summed E-state index contributed by atoms with van der Waals surface area (Å²) < 4.78 is 0. The number of rotatable bonds is 4. The number of aliphatic hydroxyl groups excluding tert-OH is 1. The van der Waals surface area contributed by atoms with Crippen molar-refractivity contribution in [3.05, 3.63) is 78.2 Å². The Bertz CT molecular complexity index is 1170. The van der Waals surface area contributed by atoms with Gasteiger partial charge < -0.3 is 10.0 Å². The van der Waals surface area contributed by atoms with E-state index in [4.69, 9.17) is 0 Å². The van der Waals surface area contributed by atoms with Crippen LogP contribution in [0.15, 0.2) is 67.1 Å². The maximum Gasteiger partial charge on any atom is 0.253 e. The fraction of sp³-hybridized carbons (Fsp3) is 0.217. The number of pyridine rings is 1. The summed E-state index contributed by atoms with van der Waals surface area (Å²) in [7, 11) is 0. The molecule has 2 N–H and O–H groups in total. The quantitative estimate of drug-likeness (QED) is 0.550. The second-order valence-corrected chi connectivity index (χ2v) is 7.64. The first-order valence-corrected chi connectivity index (χ1v) is 9.95. The van der Waals surface area contributed by atoms with E-state index in [-0.39, 0.29) is 11.8 Å². The van der Waals surface area contributed by atoms with Crippen molar-refractivity contribution < 1.29 is 9.90 Å². The Hall–Kier alpha value is -3.58. The first-order valence-electron chi connectivity index (χ1n) is 9.95. The van der Waals surface area contributed by atoms with Gasteiger partial charge in [-0.15, -0.1) is 0 Å². The molecule has 0 bridgehead atoms.